The molecule has 2 amide bonds. The third-order valence-corrected chi connectivity index (χ3v) is 2.22. The van der Waals surface area contributed by atoms with Crippen molar-refractivity contribution in [2.45, 2.75) is 20.3 Å². The molecule has 0 aliphatic heterocycles. The van der Waals surface area contributed by atoms with Crippen molar-refractivity contribution in [1.29, 1.82) is 0 Å². The summed E-state index contributed by atoms with van der Waals surface area (Å²) in [5.41, 5.74) is 0.186. The van der Waals surface area contributed by atoms with Crippen LogP contribution in [0.25, 0.3) is 0 Å². The molecule has 0 atom stereocenters. The summed E-state index contributed by atoms with van der Waals surface area (Å²) in [6.45, 7) is 5.13. The molecule has 1 aromatic heterocycles. The molecule has 0 aromatic carbocycles. The number of rotatable bonds is 7. The van der Waals surface area contributed by atoms with Gasteiger partial charge in [-0.1, -0.05) is 6.92 Å². The number of anilines is 1. The largest absolute Gasteiger partial charge is 0.369 e. The van der Waals surface area contributed by atoms with Gasteiger partial charge in [-0.05, 0) is 13.3 Å². The third-order valence-electron chi connectivity index (χ3n) is 2.22. The van der Waals surface area contributed by atoms with E-state index < -0.39 is 5.91 Å². The number of aromatic nitrogens is 2. The van der Waals surface area contributed by atoms with Gasteiger partial charge in [0, 0.05) is 13.1 Å². The van der Waals surface area contributed by atoms with E-state index in [1.807, 2.05) is 13.8 Å². The Morgan fingerprint density at radius 3 is 2.53 bits per heavy atom. The summed E-state index contributed by atoms with van der Waals surface area (Å²) in [6.07, 6.45) is 3.86. The quantitative estimate of drug-likeness (QED) is 0.653. The molecule has 1 heterocycles. The molecule has 3 N–H and O–H groups in total. The van der Waals surface area contributed by atoms with E-state index in [4.69, 9.17) is 0 Å². The first-order chi connectivity index (χ1) is 9.17. The second-order valence-electron chi connectivity index (χ2n) is 3.85. The van der Waals surface area contributed by atoms with Gasteiger partial charge in [0.15, 0.2) is 0 Å². The van der Waals surface area contributed by atoms with E-state index in [9.17, 15) is 9.59 Å². The number of nitrogens with one attached hydrogen (secondary N) is 3. The van der Waals surface area contributed by atoms with E-state index >= 15 is 0 Å². The van der Waals surface area contributed by atoms with Crippen LogP contribution in [0.3, 0.4) is 0 Å². The third kappa shape index (κ3) is 5.33. The van der Waals surface area contributed by atoms with Crippen molar-refractivity contribution in [2.24, 2.45) is 0 Å². The van der Waals surface area contributed by atoms with Crippen molar-refractivity contribution in [1.82, 2.24) is 20.6 Å². The van der Waals surface area contributed by atoms with Crippen molar-refractivity contribution in [2.75, 3.05) is 25.0 Å². The Bertz CT molecular complexity index is 419. The van der Waals surface area contributed by atoms with E-state index in [0.717, 1.165) is 13.0 Å². The van der Waals surface area contributed by atoms with Crippen LogP contribution in [0.15, 0.2) is 12.4 Å². The van der Waals surface area contributed by atoms with Crippen LogP contribution in [0.5, 0.6) is 0 Å². The highest BCUT2D eigenvalue weighted by Gasteiger charge is 2.09. The second kappa shape index (κ2) is 8.02. The van der Waals surface area contributed by atoms with Crippen LogP contribution in [0, 0.1) is 0 Å². The van der Waals surface area contributed by atoms with E-state index in [1.54, 1.807) is 0 Å². The minimum atomic E-state index is -0.416. The molecule has 0 spiro atoms. The van der Waals surface area contributed by atoms with Crippen molar-refractivity contribution >= 4 is 17.6 Å². The fraction of sp³-hybridized carbons (Fsp3) is 0.500. The Morgan fingerprint density at radius 1 is 1.16 bits per heavy atom. The summed E-state index contributed by atoms with van der Waals surface area (Å²) in [6, 6.07) is 0. The highest BCUT2D eigenvalue weighted by Crippen LogP contribution is 2.00. The average molecular weight is 265 g/mol. The number of carbonyl (C=O) groups excluding carboxylic acids is 2. The number of amides is 2. The van der Waals surface area contributed by atoms with Gasteiger partial charge in [0.1, 0.15) is 11.5 Å². The first kappa shape index (κ1) is 14.9. The van der Waals surface area contributed by atoms with Crippen LogP contribution in [-0.2, 0) is 4.79 Å². The highest BCUT2D eigenvalue weighted by molar-refractivity contribution is 5.94. The molecule has 0 saturated carbocycles. The average Bonchev–Trinajstić information content (AvgIpc) is 2.43. The zero-order chi connectivity index (χ0) is 14.1. The van der Waals surface area contributed by atoms with Crippen LogP contribution in [0.4, 0.5) is 5.82 Å². The summed E-state index contributed by atoms with van der Waals surface area (Å²) in [7, 11) is 0. The standard InChI is InChI=1S/C12H19N5O2/c1-3-5-14-10-7-15-9(6-16-10)12(19)17-8-11(18)13-4-2/h6-7H,3-5,8H2,1-2H3,(H,13,18)(H,14,16)(H,17,19). The summed E-state index contributed by atoms with van der Waals surface area (Å²) >= 11 is 0. The van der Waals surface area contributed by atoms with E-state index in [0.29, 0.717) is 12.4 Å². The van der Waals surface area contributed by atoms with E-state index in [2.05, 4.69) is 25.9 Å². The maximum absolute atomic E-state index is 11.7. The second-order valence-corrected chi connectivity index (χ2v) is 3.85. The molecule has 7 nitrogen and oxygen atoms in total. The maximum Gasteiger partial charge on any atom is 0.271 e. The lowest BCUT2D eigenvalue weighted by atomic mass is 10.4. The molecule has 0 bridgehead atoms. The normalized spacial score (nSPS) is 9.79. The summed E-state index contributed by atoms with van der Waals surface area (Å²) in [5, 5.41) is 8.12. The van der Waals surface area contributed by atoms with Gasteiger partial charge in [-0.15, -0.1) is 0 Å². The van der Waals surface area contributed by atoms with Crippen LogP contribution in [0.2, 0.25) is 0 Å². The highest BCUT2D eigenvalue weighted by atomic mass is 16.2. The predicted octanol–water partition coefficient (Wildman–Crippen LogP) is 0.164. The first-order valence-electron chi connectivity index (χ1n) is 6.28. The minimum absolute atomic E-state index is 0.0653. The first-order valence-corrected chi connectivity index (χ1v) is 6.28. The lowest BCUT2D eigenvalue weighted by Crippen LogP contribution is -2.37. The van der Waals surface area contributed by atoms with Crippen LogP contribution in [0.1, 0.15) is 30.8 Å². The number of hydrogen-bond acceptors (Lipinski definition) is 5. The summed E-state index contributed by atoms with van der Waals surface area (Å²) in [4.78, 5) is 30.9. The molecule has 0 unspecified atom stereocenters. The van der Waals surface area contributed by atoms with Crippen LogP contribution in [-0.4, -0.2) is 41.4 Å². The Labute approximate surface area is 112 Å². The van der Waals surface area contributed by atoms with Gasteiger partial charge < -0.3 is 16.0 Å². The van der Waals surface area contributed by atoms with Gasteiger partial charge >= 0.3 is 0 Å². The predicted molar refractivity (Wildman–Crippen MR) is 71.8 cm³/mol. The van der Waals surface area contributed by atoms with Crippen molar-refractivity contribution in [3.8, 4) is 0 Å². The van der Waals surface area contributed by atoms with Gasteiger partial charge in [-0.2, -0.15) is 0 Å². The lowest BCUT2D eigenvalue weighted by molar-refractivity contribution is -0.120. The molecule has 1 rings (SSSR count). The van der Waals surface area contributed by atoms with Crippen LogP contribution >= 0.6 is 0 Å². The number of likely N-dealkylation sites (N-methyl/N-ethyl adjacent to an activating group) is 1. The number of hydrogen-bond donors (Lipinski definition) is 3. The molecule has 104 valence electrons. The van der Waals surface area contributed by atoms with E-state index in [-0.39, 0.29) is 18.1 Å². The van der Waals surface area contributed by atoms with Crippen molar-refractivity contribution in [3.63, 3.8) is 0 Å². The smallest absolute Gasteiger partial charge is 0.271 e. The topological polar surface area (TPSA) is 96.0 Å². The van der Waals surface area contributed by atoms with Gasteiger partial charge in [0.25, 0.3) is 5.91 Å². The van der Waals surface area contributed by atoms with Crippen LogP contribution < -0.4 is 16.0 Å². The summed E-state index contributed by atoms with van der Waals surface area (Å²) < 4.78 is 0. The fourth-order valence-corrected chi connectivity index (χ4v) is 1.30. The van der Waals surface area contributed by atoms with Gasteiger partial charge in [0.2, 0.25) is 5.91 Å². The molecular formula is C12H19N5O2. The molecule has 7 heteroatoms. The fourth-order valence-electron chi connectivity index (χ4n) is 1.30. The molecule has 0 fully saturated rings. The Kier molecular flexibility index (Phi) is 6.28. The van der Waals surface area contributed by atoms with Crippen molar-refractivity contribution < 1.29 is 9.59 Å². The molecule has 1 aromatic rings. The van der Waals surface area contributed by atoms with Gasteiger partial charge in [-0.25, -0.2) is 9.97 Å². The molecule has 0 aliphatic rings. The Balaban J connectivity index is 2.46. The zero-order valence-corrected chi connectivity index (χ0v) is 11.2. The molecule has 0 saturated heterocycles. The Hall–Kier alpha value is -2.18. The molecule has 0 radical (unpaired) electrons. The molecule has 0 aliphatic carbocycles. The summed E-state index contributed by atoms with van der Waals surface area (Å²) in [5.74, 6) is -0.0204. The van der Waals surface area contributed by atoms with Crippen molar-refractivity contribution in [3.05, 3.63) is 18.1 Å². The minimum Gasteiger partial charge on any atom is -0.369 e. The lowest BCUT2D eigenvalue weighted by Gasteiger charge is -2.06. The molecular weight excluding hydrogens is 246 g/mol. The SMILES string of the molecule is CCCNc1cnc(C(=O)NCC(=O)NCC)cn1. The van der Waals surface area contributed by atoms with Gasteiger partial charge in [0.05, 0.1) is 18.9 Å². The van der Waals surface area contributed by atoms with Gasteiger partial charge in [-0.3, -0.25) is 9.59 Å². The maximum atomic E-state index is 11.7. The Morgan fingerprint density at radius 2 is 1.95 bits per heavy atom. The zero-order valence-electron chi connectivity index (χ0n) is 11.2. The molecule has 19 heavy (non-hydrogen) atoms. The van der Waals surface area contributed by atoms with E-state index in [1.165, 1.54) is 12.4 Å². The number of nitrogens with zero attached hydrogens (tertiary/aromatic N) is 2. The monoisotopic (exact) mass is 265 g/mol. The number of carbonyl (C=O) groups is 2.